The number of hydrogen-bond acceptors (Lipinski definition) is 2. The third-order valence-electron chi connectivity index (χ3n) is 4.60. The molecule has 1 atom stereocenters. The summed E-state index contributed by atoms with van der Waals surface area (Å²) in [5.74, 6) is -0.758. The van der Waals surface area contributed by atoms with Gasteiger partial charge in [0.05, 0.1) is 5.41 Å². The zero-order valence-corrected chi connectivity index (χ0v) is 11.7. The molecule has 0 aromatic carbocycles. The highest BCUT2D eigenvalue weighted by Crippen LogP contribution is 2.34. The van der Waals surface area contributed by atoms with Crippen molar-refractivity contribution in [3.63, 3.8) is 0 Å². The van der Waals surface area contributed by atoms with Gasteiger partial charge >= 0.3 is 12.0 Å². The van der Waals surface area contributed by atoms with E-state index >= 15 is 0 Å². The van der Waals surface area contributed by atoms with Crippen molar-refractivity contribution in [3.05, 3.63) is 0 Å². The number of carboxylic acids is 1. The molecule has 0 spiro atoms. The summed E-state index contributed by atoms with van der Waals surface area (Å²) in [7, 11) is 0. The molecule has 0 saturated carbocycles. The molecule has 1 unspecified atom stereocenters. The summed E-state index contributed by atoms with van der Waals surface area (Å²) in [6, 6.07) is 0.0403. The summed E-state index contributed by atoms with van der Waals surface area (Å²) >= 11 is 0. The van der Waals surface area contributed by atoms with Crippen LogP contribution in [0.5, 0.6) is 0 Å². The van der Waals surface area contributed by atoms with Crippen molar-refractivity contribution < 1.29 is 14.7 Å². The van der Waals surface area contributed by atoms with E-state index in [2.05, 4.69) is 0 Å². The van der Waals surface area contributed by atoms with Gasteiger partial charge in [-0.3, -0.25) is 4.79 Å². The number of piperidine rings is 2. The van der Waals surface area contributed by atoms with Crippen LogP contribution in [0, 0.1) is 5.41 Å². The highest BCUT2D eigenvalue weighted by Gasteiger charge is 2.42. The number of nitrogens with zero attached hydrogens (tertiary/aromatic N) is 2. The fraction of sp³-hybridized carbons (Fsp3) is 0.857. The first-order valence-electron chi connectivity index (χ1n) is 7.36. The molecular formula is C14H24N2O3. The number of carbonyl (C=O) groups is 2. The molecule has 0 aromatic heterocycles. The number of hydrogen-bond donors (Lipinski definition) is 1. The third kappa shape index (κ3) is 2.85. The van der Waals surface area contributed by atoms with E-state index in [1.54, 1.807) is 4.90 Å². The highest BCUT2D eigenvalue weighted by molar-refractivity contribution is 5.79. The fourth-order valence-corrected chi connectivity index (χ4v) is 3.19. The molecule has 2 aliphatic rings. The van der Waals surface area contributed by atoms with Gasteiger partial charge in [0.25, 0.3) is 0 Å². The lowest BCUT2D eigenvalue weighted by molar-refractivity contribution is -0.152. The first-order chi connectivity index (χ1) is 9.09. The number of carboxylic acid groups (broad SMARTS) is 1. The molecule has 0 radical (unpaired) electrons. The molecular weight excluding hydrogens is 244 g/mol. The largest absolute Gasteiger partial charge is 0.481 e. The van der Waals surface area contributed by atoms with Crippen LogP contribution >= 0.6 is 0 Å². The van der Waals surface area contributed by atoms with E-state index in [-0.39, 0.29) is 6.03 Å². The van der Waals surface area contributed by atoms with Gasteiger partial charge in [-0.2, -0.15) is 0 Å². The highest BCUT2D eigenvalue weighted by atomic mass is 16.4. The van der Waals surface area contributed by atoms with Gasteiger partial charge in [-0.25, -0.2) is 4.79 Å². The lowest BCUT2D eigenvalue weighted by Gasteiger charge is -2.42. The van der Waals surface area contributed by atoms with Gasteiger partial charge in [-0.05, 0) is 38.5 Å². The summed E-state index contributed by atoms with van der Waals surface area (Å²) in [5, 5.41) is 9.45. The molecule has 2 saturated heterocycles. The van der Waals surface area contributed by atoms with Crippen LogP contribution in [-0.2, 0) is 4.79 Å². The Morgan fingerprint density at radius 1 is 1.05 bits per heavy atom. The zero-order valence-electron chi connectivity index (χ0n) is 11.7. The second kappa shape index (κ2) is 5.80. The first kappa shape index (κ1) is 14.2. The molecule has 0 aliphatic carbocycles. The van der Waals surface area contributed by atoms with Gasteiger partial charge in [0, 0.05) is 26.2 Å². The van der Waals surface area contributed by atoms with E-state index in [0.717, 1.165) is 32.4 Å². The molecule has 2 aliphatic heterocycles. The average Bonchev–Trinajstić information content (AvgIpc) is 2.47. The Balaban J connectivity index is 2.03. The van der Waals surface area contributed by atoms with Crippen LogP contribution in [0.3, 0.4) is 0 Å². The van der Waals surface area contributed by atoms with Crippen molar-refractivity contribution in [2.75, 3.05) is 26.2 Å². The van der Waals surface area contributed by atoms with Crippen LogP contribution in [-0.4, -0.2) is 53.1 Å². The van der Waals surface area contributed by atoms with Gasteiger partial charge in [0.2, 0.25) is 0 Å². The topological polar surface area (TPSA) is 60.9 Å². The summed E-state index contributed by atoms with van der Waals surface area (Å²) < 4.78 is 0. The normalized spacial score (nSPS) is 28.3. The number of carbonyl (C=O) groups excluding carboxylic acids is 1. The molecule has 1 N–H and O–H groups in total. The quantitative estimate of drug-likeness (QED) is 0.835. The number of amides is 2. The van der Waals surface area contributed by atoms with Gasteiger partial charge in [-0.15, -0.1) is 0 Å². The Kier molecular flexibility index (Phi) is 4.32. The summed E-state index contributed by atoms with van der Waals surface area (Å²) in [5.41, 5.74) is -0.732. The van der Waals surface area contributed by atoms with Crippen LogP contribution in [0.25, 0.3) is 0 Å². The fourth-order valence-electron chi connectivity index (χ4n) is 3.19. The van der Waals surface area contributed by atoms with Gasteiger partial charge in [-0.1, -0.05) is 6.92 Å². The van der Waals surface area contributed by atoms with Crippen LogP contribution in [0.15, 0.2) is 0 Å². The molecule has 5 nitrogen and oxygen atoms in total. The van der Waals surface area contributed by atoms with Crippen molar-refractivity contribution in [2.45, 2.75) is 45.4 Å². The molecule has 5 heteroatoms. The Labute approximate surface area is 114 Å². The maximum absolute atomic E-state index is 12.4. The Morgan fingerprint density at radius 3 is 2.26 bits per heavy atom. The average molecular weight is 268 g/mol. The van der Waals surface area contributed by atoms with Crippen molar-refractivity contribution in [1.82, 2.24) is 9.80 Å². The van der Waals surface area contributed by atoms with Crippen LogP contribution in [0.2, 0.25) is 0 Å². The summed E-state index contributed by atoms with van der Waals surface area (Å²) in [6.45, 7) is 4.62. The number of aliphatic carboxylic acids is 1. The minimum atomic E-state index is -0.758. The molecule has 0 aromatic rings. The maximum Gasteiger partial charge on any atom is 0.320 e. The zero-order chi connectivity index (χ0) is 13.9. The van der Waals surface area contributed by atoms with Crippen molar-refractivity contribution in [1.29, 1.82) is 0 Å². The van der Waals surface area contributed by atoms with E-state index in [1.807, 2.05) is 11.8 Å². The minimum absolute atomic E-state index is 0.0403. The van der Waals surface area contributed by atoms with E-state index in [4.69, 9.17) is 0 Å². The molecule has 2 amide bonds. The monoisotopic (exact) mass is 268 g/mol. The second-order valence-corrected chi connectivity index (χ2v) is 5.79. The van der Waals surface area contributed by atoms with Gasteiger partial charge in [0.1, 0.15) is 0 Å². The van der Waals surface area contributed by atoms with Crippen LogP contribution < -0.4 is 0 Å². The Hall–Kier alpha value is -1.26. The van der Waals surface area contributed by atoms with Crippen molar-refractivity contribution in [3.8, 4) is 0 Å². The summed E-state index contributed by atoms with van der Waals surface area (Å²) in [4.78, 5) is 27.6. The van der Waals surface area contributed by atoms with Gasteiger partial charge < -0.3 is 14.9 Å². The maximum atomic E-state index is 12.4. The molecule has 19 heavy (non-hydrogen) atoms. The number of likely N-dealkylation sites (tertiary alicyclic amines) is 2. The smallest absolute Gasteiger partial charge is 0.320 e. The Bertz CT molecular complexity index is 353. The lowest BCUT2D eigenvalue weighted by atomic mass is 9.78. The van der Waals surface area contributed by atoms with E-state index in [1.165, 1.54) is 6.42 Å². The van der Waals surface area contributed by atoms with Crippen LogP contribution in [0.1, 0.15) is 45.4 Å². The third-order valence-corrected chi connectivity index (χ3v) is 4.60. The van der Waals surface area contributed by atoms with E-state index in [0.29, 0.717) is 25.9 Å². The SMILES string of the molecule is CCC1(C(=O)O)CCCN(C(=O)N2CCCCC2)C1. The predicted molar refractivity (Wildman–Crippen MR) is 72.0 cm³/mol. The first-order valence-corrected chi connectivity index (χ1v) is 7.36. The standard InChI is InChI=1S/C14H24N2O3/c1-2-14(12(17)18)7-6-10-16(11-14)13(19)15-8-4-3-5-9-15/h2-11H2,1H3,(H,17,18). The number of urea groups is 1. The second-order valence-electron chi connectivity index (χ2n) is 5.79. The van der Waals surface area contributed by atoms with E-state index < -0.39 is 11.4 Å². The predicted octanol–water partition coefficient (Wildman–Crippen LogP) is 2.17. The molecule has 0 bridgehead atoms. The van der Waals surface area contributed by atoms with Crippen molar-refractivity contribution in [2.24, 2.45) is 5.41 Å². The molecule has 108 valence electrons. The van der Waals surface area contributed by atoms with Gasteiger partial charge in [0.15, 0.2) is 0 Å². The Morgan fingerprint density at radius 2 is 1.68 bits per heavy atom. The molecule has 2 fully saturated rings. The lowest BCUT2D eigenvalue weighted by Crippen LogP contribution is -2.54. The summed E-state index contributed by atoms with van der Waals surface area (Å²) in [6.07, 6.45) is 5.39. The van der Waals surface area contributed by atoms with Crippen molar-refractivity contribution >= 4 is 12.0 Å². The molecule has 2 heterocycles. The number of rotatable bonds is 2. The minimum Gasteiger partial charge on any atom is -0.481 e. The van der Waals surface area contributed by atoms with Crippen LogP contribution in [0.4, 0.5) is 4.79 Å². The molecule has 2 rings (SSSR count). The van der Waals surface area contributed by atoms with E-state index in [9.17, 15) is 14.7 Å².